The molecular formula is C22H22FN3OS. The summed E-state index contributed by atoms with van der Waals surface area (Å²) in [6.45, 7) is 3.81. The van der Waals surface area contributed by atoms with Gasteiger partial charge >= 0.3 is 0 Å². The number of nitrogens with zero attached hydrogens (tertiary/aromatic N) is 3. The van der Waals surface area contributed by atoms with Crippen LogP contribution in [0.2, 0.25) is 0 Å². The van der Waals surface area contributed by atoms with Gasteiger partial charge in [-0.25, -0.2) is 14.4 Å². The number of rotatable bonds is 4. The van der Waals surface area contributed by atoms with E-state index in [0.717, 1.165) is 25.1 Å². The minimum atomic E-state index is -0.332. The molecule has 6 heteroatoms. The zero-order chi connectivity index (χ0) is 19.5. The normalized spacial score (nSPS) is 17.1. The summed E-state index contributed by atoms with van der Waals surface area (Å²) < 4.78 is 13.8. The number of likely N-dealkylation sites (tertiary alicyclic amines) is 1. The van der Waals surface area contributed by atoms with E-state index < -0.39 is 0 Å². The molecule has 1 aliphatic rings. The highest BCUT2D eigenvalue weighted by molar-refractivity contribution is 8.00. The van der Waals surface area contributed by atoms with Gasteiger partial charge in [-0.2, -0.15) is 0 Å². The Balaban J connectivity index is 1.63. The van der Waals surface area contributed by atoms with Gasteiger partial charge < -0.3 is 4.90 Å². The molecule has 0 aliphatic carbocycles. The number of carbonyl (C=O) groups is 1. The third kappa shape index (κ3) is 4.17. The van der Waals surface area contributed by atoms with Crippen molar-refractivity contribution in [2.45, 2.75) is 24.8 Å². The van der Waals surface area contributed by atoms with Gasteiger partial charge in [0.25, 0.3) is 0 Å². The molecule has 144 valence electrons. The van der Waals surface area contributed by atoms with Crippen LogP contribution in [0.15, 0.2) is 53.6 Å². The molecule has 1 fully saturated rings. The Kier molecular flexibility index (Phi) is 5.57. The van der Waals surface area contributed by atoms with Crippen molar-refractivity contribution < 1.29 is 9.18 Å². The van der Waals surface area contributed by atoms with Crippen LogP contribution in [-0.2, 0) is 4.79 Å². The smallest absolute Gasteiger partial charge is 0.232 e. The summed E-state index contributed by atoms with van der Waals surface area (Å²) in [6.07, 6.45) is 2.23. The molecule has 4 nitrogen and oxygen atoms in total. The van der Waals surface area contributed by atoms with Gasteiger partial charge in [-0.05, 0) is 37.0 Å². The Hall–Kier alpha value is -2.47. The molecule has 0 radical (unpaired) electrons. The average molecular weight is 396 g/mol. The second-order valence-corrected chi connectivity index (χ2v) is 8.22. The third-order valence-corrected chi connectivity index (χ3v) is 5.97. The fourth-order valence-electron chi connectivity index (χ4n) is 3.54. The van der Waals surface area contributed by atoms with Crippen LogP contribution in [0.25, 0.3) is 22.3 Å². The molecule has 28 heavy (non-hydrogen) atoms. The molecule has 1 unspecified atom stereocenters. The maximum Gasteiger partial charge on any atom is 0.232 e. The highest BCUT2D eigenvalue weighted by atomic mass is 32.2. The first-order valence-electron chi connectivity index (χ1n) is 9.53. The molecule has 0 bridgehead atoms. The molecule has 1 saturated heterocycles. The molecule has 0 spiro atoms. The number of halogens is 1. The van der Waals surface area contributed by atoms with Crippen molar-refractivity contribution >= 4 is 28.6 Å². The molecule has 2 heterocycles. The summed E-state index contributed by atoms with van der Waals surface area (Å²) in [5.74, 6) is 1.20. The SMILES string of the molecule is CC1CCCN(C(=O)CSc2nc(-c3ccccc3)nc3ccc(F)cc23)C1. The number of thioether (sulfide) groups is 1. The minimum absolute atomic E-state index is 0.112. The first-order valence-corrected chi connectivity index (χ1v) is 10.5. The summed E-state index contributed by atoms with van der Waals surface area (Å²) in [4.78, 5) is 23.8. The van der Waals surface area contributed by atoms with Crippen LogP contribution in [0.5, 0.6) is 0 Å². The van der Waals surface area contributed by atoms with Crippen LogP contribution >= 0.6 is 11.8 Å². The monoisotopic (exact) mass is 395 g/mol. The van der Waals surface area contributed by atoms with Crippen LogP contribution < -0.4 is 0 Å². The second kappa shape index (κ2) is 8.27. The molecule has 1 aromatic heterocycles. The van der Waals surface area contributed by atoms with Crippen molar-refractivity contribution in [1.29, 1.82) is 0 Å². The van der Waals surface area contributed by atoms with Crippen LogP contribution in [0.3, 0.4) is 0 Å². The fourth-order valence-corrected chi connectivity index (χ4v) is 4.45. The Morgan fingerprint density at radius 2 is 2.04 bits per heavy atom. The lowest BCUT2D eigenvalue weighted by atomic mass is 10.0. The van der Waals surface area contributed by atoms with Gasteiger partial charge in [0.15, 0.2) is 5.82 Å². The van der Waals surface area contributed by atoms with Gasteiger partial charge in [-0.15, -0.1) is 0 Å². The maximum atomic E-state index is 13.8. The van der Waals surface area contributed by atoms with Gasteiger partial charge in [-0.1, -0.05) is 49.0 Å². The van der Waals surface area contributed by atoms with Crippen LogP contribution in [0.1, 0.15) is 19.8 Å². The summed E-state index contributed by atoms with van der Waals surface area (Å²) in [5, 5.41) is 1.28. The van der Waals surface area contributed by atoms with E-state index in [1.54, 1.807) is 6.07 Å². The van der Waals surface area contributed by atoms with Gasteiger partial charge in [0.1, 0.15) is 10.8 Å². The first kappa shape index (κ1) is 18.9. The van der Waals surface area contributed by atoms with E-state index in [1.165, 1.54) is 30.3 Å². The lowest BCUT2D eigenvalue weighted by molar-refractivity contribution is -0.130. The van der Waals surface area contributed by atoms with Crippen LogP contribution in [-0.4, -0.2) is 39.6 Å². The van der Waals surface area contributed by atoms with Crippen molar-refractivity contribution in [3.05, 3.63) is 54.3 Å². The Morgan fingerprint density at radius 1 is 1.21 bits per heavy atom. The van der Waals surface area contributed by atoms with Gasteiger partial charge in [0, 0.05) is 24.0 Å². The van der Waals surface area contributed by atoms with E-state index in [2.05, 4.69) is 16.9 Å². The number of carbonyl (C=O) groups excluding carboxylic acids is 1. The quantitative estimate of drug-likeness (QED) is 0.471. The molecule has 0 N–H and O–H groups in total. The third-order valence-electron chi connectivity index (χ3n) is 5.00. The predicted octanol–water partition coefficient (Wildman–Crippen LogP) is 4.79. The highest BCUT2D eigenvalue weighted by Crippen LogP contribution is 2.29. The summed E-state index contributed by atoms with van der Waals surface area (Å²) in [7, 11) is 0. The zero-order valence-electron chi connectivity index (χ0n) is 15.8. The van der Waals surface area contributed by atoms with E-state index in [0.29, 0.717) is 33.4 Å². The lowest BCUT2D eigenvalue weighted by Gasteiger charge is -2.30. The maximum absolute atomic E-state index is 13.8. The number of hydrogen-bond acceptors (Lipinski definition) is 4. The standard InChI is InChI=1S/C22H22FN3OS/c1-15-6-5-11-26(13-15)20(27)14-28-22-18-12-17(23)9-10-19(18)24-21(25-22)16-7-3-2-4-8-16/h2-4,7-10,12,15H,5-6,11,13-14H2,1H3. The van der Waals surface area contributed by atoms with E-state index >= 15 is 0 Å². The zero-order valence-corrected chi connectivity index (χ0v) is 16.6. The molecule has 2 aromatic carbocycles. The number of piperidine rings is 1. The molecule has 1 amide bonds. The highest BCUT2D eigenvalue weighted by Gasteiger charge is 2.21. The Labute approximate surface area is 168 Å². The number of amides is 1. The largest absolute Gasteiger partial charge is 0.342 e. The molecule has 0 saturated carbocycles. The predicted molar refractivity (Wildman–Crippen MR) is 111 cm³/mol. The topological polar surface area (TPSA) is 46.1 Å². The summed E-state index contributed by atoms with van der Waals surface area (Å²) in [6, 6.07) is 14.2. The van der Waals surface area contributed by atoms with Crippen molar-refractivity contribution in [1.82, 2.24) is 14.9 Å². The van der Waals surface area contributed by atoms with Crippen molar-refractivity contribution in [3.8, 4) is 11.4 Å². The summed E-state index contributed by atoms with van der Waals surface area (Å²) >= 11 is 1.36. The van der Waals surface area contributed by atoms with E-state index in [-0.39, 0.29) is 11.7 Å². The molecule has 1 aliphatic heterocycles. The number of fused-ring (bicyclic) bond motifs is 1. The van der Waals surface area contributed by atoms with Gasteiger partial charge in [-0.3, -0.25) is 4.79 Å². The summed E-state index contributed by atoms with van der Waals surface area (Å²) in [5.41, 5.74) is 1.57. The van der Waals surface area contributed by atoms with Gasteiger partial charge in [0.05, 0.1) is 11.3 Å². The van der Waals surface area contributed by atoms with Crippen molar-refractivity contribution in [3.63, 3.8) is 0 Å². The fraction of sp³-hybridized carbons (Fsp3) is 0.318. The van der Waals surface area contributed by atoms with E-state index in [4.69, 9.17) is 0 Å². The van der Waals surface area contributed by atoms with Crippen LogP contribution in [0.4, 0.5) is 4.39 Å². The molecule has 1 atom stereocenters. The average Bonchev–Trinajstić information content (AvgIpc) is 2.72. The molecule has 4 rings (SSSR count). The molecule has 3 aromatic rings. The Bertz CT molecular complexity index is 996. The van der Waals surface area contributed by atoms with Crippen molar-refractivity contribution in [2.75, 3.05) is 18.8 Å². The van der Waals surface area contributed by atoms with Gasteiger partial charge in [0.2, 0.25) is 5.91 Å². The van der Waals surface area contributed by atoms with E-state index in [1.807, 2.05) is 35.2 Å². The molecular weight excluding hydrogens is 373 g/mol. The van der Waals surface area contributed by atoms with Crippen LogP contribution in [0, 0.1) is 11.7 Å². The Morgan fingerprint density at radius 3 is 2.82 bits per heavy atom. The number of hydrogen-bond donors (Lipinski definition) is 0. The number of aromatic nitrogens is 2. The lowest BCUT2D eigenvalue weighted by Crippen LogP contribution is -2.40. The minimum Gasteiger partial charge on any atom is -0.342 e. The second-order valence-electron chi connectivity index (χ2n) is 7.26. The van der Waals surface area contributed by atoms with Crippen molar-refractivity contribution in [2.24, 2.45) is 5.92 Å². The number of benzene rings is 2. The first-order chi connectivity index (χ1) is 13.6. The van der Waals surface area contributed by atoms with E-state index in [9.17, 15) is 9.18 Å².